The minimum absolute atomic E-state index is 0.0176. The number of hydrogen-bond acceptors (Lipinski definition) is 8. The minimum Gasteiger partial charge on any atom is -0.469 e. The summed E-state index contributed by atoms with van der Waals surface area (Å²) < 4.78 is 32.1. The molecule has 1 aromatic heterocycles. The largest absolute Gasteiger partial charge is 0.469 e. The summed E-state index contributed by atoms with van der Waals surface area (Å²) in [5.41, 5.74) is 5.62. The highest BCUT2D eigenvalue weighted by Gasteiger charge is 2.33. The zero-order valence-corrected chi connectivity index (χ0v) is 12.3. The molecule has 2 N–H and O–H groups in total. The molecule has 0 aliphatic carbocycles. The van der Waals surface area contributed by atoms with E-state index in [0.29, 0.717) is 24.5 Å². The second kappa shape index (κ2) is 4.97. The van der Waals surface area contributed by atoms with Gasteiger partial charge in [0, 0.05) is 19.3 Å². The van der Waals surface area contributed by atoms with Crippen LogP contribution in [0, 0.1) is 5.92 Å². The number of nitrogens with zero attached hydrogens (tertiary/aromatic N) is 2. The van der Waals surface area contributed by atoms with Gasteiger partial charge in [0.05, 0.1) is 13.0 Å². The van der Waals surface area contributed by atoms with Gasteiger partial charge in [0.2, 0.25) is 0 Å². The van der Waals surface area contributed by atoms with Crippen molar-refractivity contribution in [3.63, 3.8) is 0 Å². The Morgan fingerprint density at radius 1 is 1.58 bits per heavy atom. The lowest BCUT2D eigenvalue weighted by molar-refractivity contribution is -0.144. The summed E-state index contributed by atoms with van der Waals surface area (Å²) >= 11 is 1.04. The number of hydrogen-bond donors (Lipinski definition) is 1. The van der Waals surface area contributed by atoms with Gasteiger partial charge in [0.1, 0.15) is 9.90 Å². The summed E-state index contributed by atoms with van der Waals surface area (Å²) in [4.78, 5) is 13.4. The van der Waals surface area contributed by atoms with Crippen molar-refractivity contribution in [3.8, 4) is 0 Å². The summed E-state index contributed by atoms with van der Waals surface area (Å²) in [7, 11) is -2.09. The number of rotatable bonds is 3. The topological polar surface area (TPSA) is 103 Å². The van der Waals surface area contributed by atoms with Crippen LogP contribution in [0.5, 0.6) is 0 Å². The predicted molar refractivity (Wildman–Crippen MR) is 72.0 cm³/mol. The molecule has 1 aromatic rings. The van der Waals surface area contributed by atoms with Crippen molar-refractivity contribution >= 4 is 38.2 Å². The number of nitrogens with two attached hydrogens (primary N) is 1. The third kappa shape index (κ3) is 2.66. The number of methoxy groups -OCH3 is 1. The number of anilines is 2. The van der Waals surface area contributed by atoms with Crippen molar-refractivity contribution in [2.75, 3.05) is 37.1 Å². The number of sulfone groups is 1. The maximum absolute atomic E-state index is 11.7. The first-order valence-corrected chi connectivity index (χ1v) is 8.29. The molecule has 1 fully saturated rings. The van der Waals surface area contributed by atoms with Gasteiger partial charge in [-0.1, -0.05) is 0 Å². The van der Waals surface area contributed by atoms with E-state index < -0.39 is 9.84 Å². The molecule has 0 radical (unpaired) electrons. The van der Waals surface area contributed by atoms with Gasteiger partial charge in [0.25, 0.3) is 0 Å². The molecule has 0 saturated carbocycles. The number of aromatic nitrogens is 1. The zero-order valence-electron chi connectivity index (χ0n) is 10.6. The molecule has 0 bridgehead atoms. The lowest BCUT2D eigenvalue weighted by atomic mass is 10.1. The van der Waals surface area contributed by atoms with E-state index in [9.17, 15) is 13.2 Å². The van der Waals surface area contributed by atoms with E-state index in [1.54, 1.807) is 0 Å². The number of nitrogen functional groups attached to an aromatic ring is 1. The Labute approximate surface area is 115 Å². The third-order valence-corrected chi connectivity index (χ3v) is 5.23. The van der Waals surface area contributed by atoms with Crippen LogP contribution in [-0.4, -0.2) is 45.2 Å². The van der Waals surface area contributed by atoms with Crippen LogP contribution >= 0.6 is 11.5 Å². The van der Waals surface area contributed by atoms with Crippen LogP contribution < -0.4 is 10.6 Å². The fourth-order valence-electron chi connectivity index (χ4n) is 2.14. The van der Waals surface area contributed by atoms with Gasteiger partial charge < -0.3 is 15.4 Å². The van der Waals surface area contributed by atoms with Gasteiger partial charge >= 0.3 is 5.97 Å². The number of carbonyl (C=O) groups excluding carboxylic acids is 1. The second-order valence-corrected chi connectivity index (χ2v) is 7.13. The molecule has 9 heteroatoms. The quantitative estimate of drug-likeness (QED) is 0.792. The molecule has 7 nitrogen and oxygen atoms in total. The first-order chi connectivity index (χ1) is 8.84. The number of carbonyl (C=O) groups is 1. The van der Waals surface area contributed by atoms with Gasteiger partial charge in [-0.3, -0.25) is 4.79 Å². The van der Waals surface area contributed by atoms with Crippen LogP contribution in [0.1, 0.15) is 6.42 Å². The summed E-state index contributed by atoms with van der Waals surface area (Å²) in [5.74, 6) is -0.495. The van der Waals surface area contributed by atoms with Crippen LogP contribution in [0.25, 0.3) is 0 Å². The van der Waals surface area contributed by atoms with Gasteiger partial charge in [0.15, 0.2) is 15.7 Å². The normalized spacial score (nSPS) is 19.7. The molecule has 2 rings (SSSR count). The van der Waals surface area contributed by atoms with Gasteiger partial charge in [-0.25, -0.2) is 8.42 Å². The lowest BCUT2D eigenvalue weighted by Crippen LogP contribution is -2.24. The van der Waals surface area contributed by atoms with Crippen molar-refractivity contribution in [2.24, 2.45) is 5.92 Å². The van der Waals surface area contributed by atoms with Crippen molar-refractivity contribution in [1.82, 2.24) is 4.37 Å². The fourth-order valence-corrected chi connectivity index (χ4v) is 4.38. The van der Waals surface area contributed by atoms with E-state index in [2.05, 4.69) is 4.37 Å². The molecular formula is C10H15N3O4S2. The summed E-state index contributed by atoms with van der Waals surface area (Å²) in [6.07, 6.45) is 1.73. The standard InChI is InChI=1S/C10H15N3O4S2/c1-17-10(14)6-3-4-13(5-6)9-7(19(2,15)16)8(11)12-18-9/h6H,3-5H2,1-2H3,(H2,11,12). The highest BCUT2D eigenvalue weighted by atomic mass is 32.2. The monoisotopic (exact) mass is 305 g/mol. The summed E-state index contributed by atoms with van der Waals surface area (Å²) in [6.45, 7) is 1.01. The van der Waals surface area contributed by atoms with E-state index in [4.69, 9.17) is 10.5 Å². The summed E-state index contributed by atoms with van der Waals surface area (Å²) in [5, 5.41) is 0.506. The first kappa shape index (κ1) is 14.1. The Morgan fingerprint density at radius 3 is 2.84 bits per heavy atom. The van der Waals surface area contributed by atoms with Crippen LogP contribution in [0.15, 0.2) is 4.90 Å². The highest BCUT2D eigenvalue weighted by molar-refractivity contribution is 7.91. The molecular weight excluding hydrogens is 290 g/mol. The molecule has 1 atom stereocenters. The van der Waals surface area contributed by atoms with Crippen LogP contribution in [0.3, 0.4) is 0 Å². The lowest BCUT2D eigenvalue weighted by Gasteiger charge is -2.16. The smallest absolute Gasteiger partial charge is 0.310 e. The molecule has 1 aliphatic rings. The average molecular weight is 305 g/mol. The highest BCUT2D eigenvalue weighted by Crippen LogP contribution is 2.37. The van der Waals surface area contributed by atoms with Gasteiger partial charge in [-0.15, -0.1) is 0 Å². The van der Waals surface area contributed by atoms with Crippen LogP contribution in [0.2, 0.25) is 0 Å². The Hall–Kier alpha value is -1.35. The van der Waals surface area contributed by atoms with Crippen molar-refractivity contribution in [2.45, 2.75) is 11.3 Å². The predicted octanol–water partition coefficient (Wildman–Crippen LogP) is 0.128. The first-order valence-electron chi connectivity index (χ1n) is 5.62. The molecule has 19 heavy (non-hydrogen) atoms. The second-order valence-electron chi connectivity index (χ2n) is 4.43. The number of esters is 1. The van der Waals surface area contributed by atoms with E-state index >= 15 is 0 Å². The van der Waals surface area contributed by atoms with Crippen molar-refractivity contribution in [1.29, 1.82) is 0 Å². The minimum atomic E-state index is -3.44. The fraction of sp³-hybridized carbons (Fsp3) is 0.600. The van der Waals surface area contributed by atoms with E-state index in [1.807, 2.05) is 4.90 Å². The molecule has 106 valence electrons. The van der Waals surface area contributed by atoms with E-state index in [-0.39, 0.29) is 22.6 Å². The SMILES string of the molecule is COC(=O)C1CCN(c2snc(N)c2S(C)(=O)=O)C1. The molecule has 1 saturated heterocycles. The molecule has 0 amide bonds. The molecule has 1 aliphatic heterocycles. The molecule has 2 heterocycles. The van der Waals surface area contributed by atoms with Gasteiger partial charge in [-0.05, 0) is 18.0 Å². The molecule has 1 unspecified atom stereocenters. The van der Waals surface area contributed by atoms with Crippen molar-refractivity contribution in [3.05, 3.63) is 0 Å². The van der Waals surface area contributed by atoms with E-state index in [0.717, 1.165) is 17.8 Å². The molecule has 0 aromatic carbocycles. The Balaban J connectivity index is 2.28. The van der Waals surface area contributed by atoms with Gasteiger partial charge in [-0.2, -0.15) is 4.37 Å². The molecule has 0 spiro atoms. The van der Waals surface area contributed by atoms with Crippen molar-refractivity contribution < 1.29 is 17.9 Å². The average Bonchev–Trinajstić information content (AvgIpc) is 2.92. The third-order valence-electron chi connectivity index (χ3n) is 3.04. The maximum Gasteiger partial charge on any atom is 0.310 e. The zero-order chi connectivity index (χ0) is 14.2. The Morgan fingerprint density at radius 2 is 2.26 bits per heavy atom. The Bertz CT molecular complexity index is 596. The van der Waals surface area contributed by atoms with Crippen LogP contribution in [0.4, 0.5) is 10.8 Å². The van der Waals surface area contributed by atoms with E-state index in [1.165, 1.54) is 7.11 Å². The summed E-state index contributed by atoms with van der Waals surface area (Å²) in [6, 6.07) is 0. The van der Waals surface area contributed by atoms with Crippen LogP contribution in [-0.2, 0) is 19.4 Å². The Kier molecular flexibility index (Phi) is 3.68. The maximum atomic E-state index is 11.7. The number of ether oxygens (including phenoxy) is 1.